The maximum Gasteiger partial charge on any atom is 0.259 e. The largest absolute Gasteiger partial charge is 0.378 e. The van der Waals surface area contributed by atoms with Gasteiger partial charge in [0.15, 0.2) is 5.78 Å². The van der Waals surface area contributed by atoms with Crippen molar-refractivity contribution in [3.05, 3.63) is 30.0 Å². The molecule has 9 unspecified atom stereocenters. The Morgan fingerprint density at radius 3 is 2.68 bits per heavy atom. The van der Waals surface area contributed by atoms with Crippen molar-refractivity contribution in [1.29, 1.82) is 0 Å². The molecule has 8 nitrogen and oxygen atoms in total. The van der Waals surface area contributed by atoms with Crippen LogP contribution in [0.3, 0.4) is 0 Å². The quantitative estimate of drug-likeness (QED) is 0.568. The molecule has 1 aromatic rings. The fraction of sp³-hybridized carbons (Fsp3) is 0.750. The first-order valence-electron chi connectivity index (χ1n) is 14.2. The molecule has 3 aliphatic carbocycles. The second kappa shape index (κ2) is 9.19. The van der Waals surface area contributed by atoms with Crippen molar-refractivity contribution < 1.29 is 23.5 Å². The number of aryl methyl sites for hydroxylation is 1. The lowest BCUT2D eigenvalue weighted by molar-refractivity contribution is -0.220. The monoisotopic (exact) mass is 512 g/mol. The van der Waals surface area contributed by atoms with E-state index in [1.165, 1.54) is 19.3 Å². The molecule has 5 fully saturated rings. The third-order valence-corrected chi connectivity index (χ3v) is 10.2. The number of carbonyl (C=O) groups excluding carboxylic acids is 2. The van der Waals surface area contributed by atoms with Crippen LogP contribution in [0.25, 0.3) is 0 Å². The van der Waals surface area contributed by atoms with E-state index in [4.69, 9.17) is 9.47 Å². The maximum absolute atomic E-state index is 16.1. The Kier molecular flexibility index (Phi) is 5.92. The summed E-state index contributed by atoms with van der Waals surface area (Å²) in [6, 6.07) is -0.674. The van der Waals surface area contributed by atoms with Crippen molar-refractivity contribution in [2.45, 2.75) is 88.4 Å². The smallest absolute Gasteiger partial charge is 0.259 e. The van der Waals surface area contributed by atoms with Crippen LogP contribution in [0.2, 0.25) is 0 Å². The van der Waals surface area contributed by atoms with Crippen LogP contribution in [0.1, 0.15) is 56.7 Å². The van der Waals surface area contributed by atoms with Crippen LogP contribution < -0.4 is 0 Å². The van der Waals surface area contributed by atoms with Crippen molar-refractivity contribution >= 4 is 11.7 Å². The number of rotatable bonds is 2. The van der Waals surface area contributed by atoms with Crippen molar-refractivity contribution in [2.75, 3.05) is 26.3 Å². The lowest BCUT2D eigenvalue weighted by Gasteiger charge is -2.62. The minimum Gasteiger partial charge on any atom is -0.378 e. The zero-order valence-electron chi connectivity index (χ0n) is 21.5. The van der Waals surface area contributed by atoms with E-state index >= 15 is 4.39 Å². The average Bonchev–Trinajstić information content (AvgIpc) is 3.35. The zero-order chi connectivity index (χ0) is 25.3. The SMILES string of the molecule is Cc1cncn1C1C(F)CC2C(=O)C(C(=O)N3CCOCC3)=CN3C4C(CCC5CCCCC54)OC1C23. The van der Waals surface area contributed by atoms with Gasteiger partial charge in [0.1, 0.15) is 12.3 Å². The minimum atomic E-state index is -1.26. The van der Waals surface area contributed by atoms with E-state index in [9.17, 15) is 9.59 Å². The molecule has 0 spiro atoms. The van der Waals surface area contributed by atoms with Crippen molar-refractivity contribution in [1.82, 2.24) is 19.4 Å². The predicted octanol–water partition coefficient (Wildman–Crippen LogP) is 2.82. The standard InChI is InChI=1S/C28H37FN4O4/c1-16-13-30-15-33(16)25-21(29)12-19-24-27(25)37-22-7-6-17-4-2-3-5-18(17)23(22)32(24)14-20(26(19)34)28(35)31-8-10-36-11-9-31/h13-15,17-19,21-25,27H,2-12H2,1H3. The number of hydrogen-bond acceptors (Lipinski definition) is 6. The van der Waals surface area contributed by atoms with Gasteiger partial charge >= 0.3 is 0 Å². The number of carbonyl (C=O) groups is 2. The fourth-order valence-electron chi connectivity index (χ4n) is 8.49. The molecule has 3 saturated carbocycles. The third kappa shape index (κ3) is 3.71. The molecule has 0 bridgehead atoms. The molecule has 1 aromatic heterocycles. The molecular weight excluding hydrogens is 475 g/mol. The molecule has 2 saturated heterocycles. The zero-order valence-corrected chi connectivity index (χ0v) is 21.5. The molecule has 0 radical (unpaired) electrons. The molecule has 4 heterocycles. The molecule has 3 aliphatic heterocycles. The number of halogens is 1. The summed E-state index contributed by atoms with van der Waals surface area (Å²) in [6.45, 7) is 3.85. The minimum absolute atomic E-state index is 0.0259. The highest BCUT2D eigenvalue weighted by Gasteiger charge is 2.61. The van der Waals surface area contributed by atoms with E-state index in [2.05, 4.69) is 9.88 Å². The van der Waals surface area contributed by atoms with Crippen LogP contribution in [0.5, 0.6) is 0 Å². The van der Waals surface area contributed by atoms with Crippen LogP contribution in [-0.4, -0.2) is 87.8 Å². The highest BCUT2D eigenvalue weighted by atomic mass is 19.1. The number of Topliss-reactive ketones (excluding diaryl/α,β-unsaturated/α-hetero) is 1. The maximum atomic E-state index is 16.1. The Hall–Kier alpha value is -2.26. The fourth-order valence-corrected chi connectivity index (χ4v) is 8.49. The van der Waals surface area contributed by atoms with Crippen molar-refractivity contribution in [3.63, 3.8) is 0 Å². The molecule has 0 aromatic carbocycles. The average molecular weight is 513 g/mol. The molecule has 9 atom stereocenters. The van der Waals surface area contributed by atoms with Crippen LogP contribution in [-0.2, 0) is 19.1 Å². The lowest BCUT2D eigenvalue weighted by Crippen LogP contribution is -2.71. The van der Waals surface area contributed by atoms with Crippen LogP contribution in [0.15, 0.2) is 24.3 Å². The van der Waals surface area contributed by atoms with Crippen molar-refractivity contribution in [3.8, 4) is 0 Å². The third-order valence-electron chi connectivity index (χ3n) is 10.2. The molecule has 200 valence electrons. The molecule has 7 rings (SSSR count). The van der Waals surface area contributed by atoms with Gasteiger partial charge in [0, 0.05) is 37.1 Å². The number of alkyl halides is 1. The summed E-state index contributed by atoms with van der Waals surface area (Å²) >= 11 is 0. The summed E-state index contributed by atoms with van der Waals surface area (Å²) in [5.41, 5.74) is 1.12. The number of fused-ring (bicyclic) bond motifs is 4. The second-order valence-corrected chi connectivity index (χ2v) is 12.0. The van der Waals surface area contributed by atoms with Gasteiger partial charge in [-0.05, 0) is 44.4 Å². The summed E-state index contributed by atoms with van der Waals surface area (Å²) < 4.78 is 30.3. The van der Waals surface area contributed by atoms with Crippen LogP contribution in [0, 0.1) is 24.7 Å². The van der Waals surface area contributed by atoms with Gasteiger partial charge in [-0.3, -0.25) is 9.59 Å². The van der Waals surface area contributed by atoms with Gasteiger partial charge in [-0.1, -0.05) is 19.3 Å². The first-order chi connectivity index (χ1) is 18.0. The number of hydrogen-bond donors (Lipinski definition) is 0. The number of aromatic nitrogens is 2. The Labute approximate surface area is 217 Å². The van der Waals surface area contributed by atoms with Crippen LogP contribution >= 0.6 is 0 Å². The summed E-state index contributed by atoms with van der Waals surface area (Å²) in [4.78, 5) is 35.9. The first-order valence-corrected chi connectivity index (χ1v) is 14.2. The summed E-state index contributed by atoms with van der Waals surface area (Å²) in [5.74, 6) is 0.0987. The summed E-state index contributed by atoms with van der Waals surface area (Å²) in [7, 11) is 0. The topological polar surface area (TPSA) is 76.9 Å². The van der Waals surface area contributed by atoms with E-state index in [1.54, 1.807) is 17.4 Å². The van der Waals surface area contributed by atoms with E-state index in [-0.39, 0.29) is 41.9 Å². The summed E-state index contributed by atoms with van der Waals surface area (Å²) in [6.07, 6.45) is 10.6. The van der Waals surface area contributed by atoms with E-state index in [1.807, 2.05) is 17.7 Å². The first kappa shape index (κ1) is 23.8. The van der Waals surface area contributed by atoms with Crippen LogP contribution in [0.4, 0.5) is 4.39 Å². The Morgan fingerprint density at radius 2 is 1.89 bits per heavy atom. The van der Waals surface area contributed by atoms with Gasteiger partial charge < -0.3 is 23.8 Å². The number of nitrogens with zero attached hydrogens (tertiary/aromatic N) is 4. The molecule has 6 aliphatic rings. The predicted molar refractivity (Wildman–Crippen MR) is 132 cm³/mol. The summed E-state index contributed by atoms with van der Waals surface area (Å²) in [5, 5.41) is 0. The number of amides is 1. The lowest BCUT2D eigenvalue weighted by atomic mass is 9.63. The molecule has 1 amide bonds. The van der Waals surface area contributed by atoms with Gasteiger partial charge in [0.2, 0.25) is 0 Å². The Bertz CT molecular complexity index is 1100. The van der Waals surface area contributed by atoms with Gasteiger partial charge in [0.25, 0.3) is 5.91 Å². The van der Waals surface area contributed by atoms with Gasteiger partial charge in [-0.25, -0.2) is 9.37 Å². The second-order valence-electron chi connectivity index (χ2n) is 12.0. The molecule has 0 N–H and O–H groups in total. The normalized spacial score (nSPS) is 41.4. The van der Waals surface area contributed by atoms with Gasteiger partial charge in [-0.2, -0.15) is 0 Å². The van der Waals surface area contributed by atoms with E-state index in [0.717, 1.165) is 25.0 Å². The number of imidazole rings is 1. The van der Waals surface area contributed by atoms with E-state index < -0.39 is 24.2 Å². The van der Waals surface area contributed by atoms with Gasteiger partial charge in [0.05, 0.1) is 49.3 Å². The molecular formula is C28H37FN4O4. The van der Waals surface area contributed by atoms with Crippen molar-refractivity contribution in [2.24, 2.45) is 17.8 Å². The highest BCUT2D eigenvalue weighted by molar-refractivity contribution is 6.20. The number of ether oxygens (including phenoxy) is 2. The molecule has 9 heteroatoms. The Morgan fingerprint density at radius 1 is 1.08 bits per heavy atom. The Balaban J connectivity index is 1.32. The number of morpholine rings is 2. The number of ketones is 1. The van der Waals surface area contributed by atoms with Gasteiger partial charge in [-0.15, -0.1) is 0 Å². The van der Waals surface area contributed by atoms with E-state index in [0.29, 0.717) is 38.1 Å². The molecule has 37 heavy (non-hydrogen) atoms. The highest BCUT2D eigenvalue weighted by Crippen LogP contribution is 2.53.